The minimum atomic E-state index is -0.276. The maximum Gasteiger partial charge on any atom is 0.237 e. The molecule has 0 radical (unpaired) electrons. The zero-order valence-corrected chi connectivity index (χ0v) is 15.0. The molecule has 2 N–H and O–H groups in total. The number of nitrogens with one attached hydrogen (secondary N) is 2. The average molecular weight is 342 g/mol. The summed E-state index contributed by atoms with van der Waals surface area (Å²) in [6.07, 6.45) is 4.63. The van der Waals surface area contributed by atoms with Crippen LogP contribution in [0.25, 0.3) is 0 Å². The molecule has 0 saturated heterocycles. The van der Waals surface area contributed by atoms with Crippen LogP contribution < -0.4 is 15.4 Å². The summed E-state index contributed by atoms with van der Waals surface area (Å²) in [6.45, 7) is 7.32. The molecule has 0 bridgehead atoms. The van der Waals surface area contributed by atoms with Crippen LogP contribution in [0.1, 0.15) is 37.4 Å². The van der Waals surface area contributed by atoms with Gasteiger partial charge in [-0.3, -0.25) is 9.48 Å². The van der Waals surface area contributed by atoms with Crippen LogP contribution >= 0.6 is 0 Å². The number of aryl methyl sites for hydroxylation is 1. The van der Waals surface area contributed by atoms with E-state index in [1.807, 2.05) is 55.2 Å². The third-order valence-corrected chi connectivity index (χ3v) is 4.43. The topological polar surface area (TPSA) is 68.2 Å². The molecule has 0 fully saturated rings. The molecule has 134 valence electrons. The Balaban J connectivity index is 1.54. The Morgan fingerprint density at radius 2 is 2.20 bits per heavy atom. The van der Waals surface area contributed by atoms with Crippen molar-refractivity contribution in [3.63, 3.8) is 0 Å². The largest absolute Gasteiger partial charge is 0.493 e. The van der Waals surface area contributed by atoms with E-state index in [1.165, 1.54) is 0 Å². The lowest BCUT2D eigenvalue weighted by Gasteiger charge is -2.28. The first-order valence-corrected chi connectivity index (χ1v) is 8.80. The number of fused-ring (bicyclic) bond motifs is 1. The summed E-state index contributed by atoms with van der Waals surface area (Å²) in [4.78, 5) is 12.6. The zero-order chi connectivity index (χ0) is 17.8. The van der Waals surface area contributed by atoms with E-state index in [-0.39, 0.29) is 24.0 Å². The Labute approximate surface area is 148 Å². The fourth-order valence-electron chi connectivity index (χ4n) is 3.19. The van der Waals surface area contributed by atoms with Crippen molar-refractivity contribution in [3.05, 3.63) is 47.8 Å². The molecule has 0 saturated carbocycles. The summed E-state index contributed by atoms with van der Waals surface area (Å²) in [5.74, 6) is 0.868. The first-order chi connectivity index (χ1) is 12.0. The van der Waals surface area contributed by atoms with Crippen molar-refractivity contribution < 1.29 is 9.53 Å². The molecule has 3 atom stereocenters. The summed E-state index contributed by atoms with van der Waals surface area (Å²) < 4.78 is 7.55. The Bertz CT molecular complexity index is 728. The highest BCUT2D eigenvalue weighted by molar-refractivity contribution is 5.81. The number of hydrogen-bond acceptors (Lipinski definition) is 4. The standard InChI is InChI=1S/C19H26N4O2/c1-13-10-20-23(11-13)12-14(2)21-15(3)19(24)22-17-8-9-25-18-7-5-4-6-16(17)18/h4-7,10-11,14-15,17,21H,8-9,12H2,1-3H3,(H,22,24)/t14-,15-,17-/m0/s1. The predicted octanol–water partition coefficient (Wildman–Crippen LogP) is 2.20. The van der Waals surface area contributed by atoms with Gasteiger partial charge in [0, 0.05) is 24.2 Å². The van der Waals surface area contributed by atoms with Crippen LogP contribution in [0.3, 0.4) is 0 Å². The van der Waals surface area contributed by atoms with Gasteiger partial charge in [0.05, 0.1) is 31.4 Å². The lowest BCUT2D eigenvalue weighted by atomic mass is 10.0. The Hall–Kier alpha value is -2.34. The molecule has 1 aliphatic rings. The number of benzene rings is 1. The van der Waals surface area contributed by atoms with Crippen molar-refractivity contribution in [1.82, 2.24) is 20.4 Å². The van der Waals surface area contributed by atoms with E-state index in [0.29, 0.717) is 6.61 Å². The highest BCUT2D eigenvalue weighted by atomic mass is 16.5. The third kappa shape index (κ3) is 4.39. The predicted molar refractivity (Wildman–Crippen MR) is 96.5 cm³/mol. The Morgan fingerprint density at radius 3 is 2.96 bits per heavy atom. The van der Waals surface area contributed by atoms with Crippen molar-refractivity contribution in [2.24, 2.45) is 0 Å². The fourth-order valence-corrected chi connectivity index (χ4v) is 3.19. The molecule has 0 unspecified atom stereocenters. The van der Waals surface area contributed by atoms with E-state index in [9.17, 15) is 4.79 Å². The number of aromatic nitrogens is 2. The molecule has 0 spiro atoms. The van der Waals surface area contributed by atoms with Gasteiger partial charge in [0.1, 0.15) is 5.75 Å². The van der Waals surface area contributed by atoms with E-state index in [0.717, 1.165) is 29.8 Å². The first kappa shape index (κ1) is 17.5. The van der Waals surface area contributed by atoms with Crippen molar-refractivity contribution >= 4 is 5.91 Å². The molecule has 1 aromatic heterocycles. The van der Waals surface area contributed by atoms with Gasteiger partial charge in [0.15, 0.2) is 0 Å². The quantitative estimate of drug-likeness (QED) is 0.844. The molecule has 6 heteroatoms. The van der Waals surface area contributed by atoms with Gasteiger partial charge in [-0.2, -0.15) is 5.10 Å². The van der Waals surface area contributed by atoms with E-state index >= 15 is 0 Å². The molecule has 2 heterocycles. The minimum absolute atomic E-state index is 0.00481. The van der Waals surface area contributed by atoms with E-state index in [1.54, 1.807) is 0 Å². The highest BCUT2D eigenvalue weighted by Crippen LogP contribution is 2.31. The maximum atomic E-state index is 12.6. The van der Waals surface area contributed by atoms with Gasteiger partial charge in [0.2, 0.25) is 5.91 Å². The minimum Gasteiger partial charge on any atom is -0.493 e. The van der Waals surface area contributed by atoms with Crippen LogP contribution in [0, 0.1) is 6.92 Å². The van der Waals surface area contributed by atoms with Gasteiger partial charge >= 0.3 is 0 Å². The second kappa shape index (κ2) is 7.70. The van der Waals surface area contributed by atoms with Crippen LogP contribution in [0.5, 0.6) is 5.75 Å². The second-order valence-electron chi connectivity index (χ2n) is 6.77. The number of rotatable bonds is 6. The van der Waals surface area contributed by atoms with Crippen LogP contribution in [0.2, 0.25) is 0 Å². The van der Waals surface area contributed by atoms with Crippen molar-refractivity contribution in [2.75, 3.05) is 6.61 Å². The van der Waals surface area contributed by atoms with E-state index in [2.05, 4.69) is 22.7 Å². The zero-order valence-electron chi connectivity index (χ0n) is 15.0. The molecule has 6 nitrogen and oxygen atoms in total. The lowest BCUT2D eigenvalue weighted by Crippen LogP contribution is -2.48. The number of carbonyl (C=O) groups excluding carboxylic acids is 1. The summed E-state index contributed by atoms with van der Waals surface area (Å²) in [5.41, 5.74) is 2.19. The van der Waals surface area contributed by atoms with E-state index < -0.39 is 0 Å². The molecular formula is C19H26N4O2. The molecular weight excluding hydrogens is 316 g/mol. The molecule has 1 amide bonds. The van der Waals surface area contributed by atoms with E-state index in [4.69, 9.17) is 4.74 Å². The SMILES string of the molecule is Cc1cnn(C[C@H](C)N[C@@H](C)C(=O)N[C@H]2CCOc3ccccc32)c1. The fraction of sp³-hybridized carbons (Fsp3) is 0.474. The number of nitrogens with zero attached hydrogens (tertiary/aromatic N) is 2. The Morgan fingerprint density at radius 1 is 1.40 bits per heavy atom. The summed E-state index contributed by atoms with van der Waals surface area (Å²) in [7, 11) is 0. The molecule has 3 rings (SSSR count). The molecule has 0 aliphatic carbocycles. The first-order valence-electron chi connectivity index (χ1n) is 8.80. The highest BCUT2D eigenvalue weighted by Gasteiger charge is 2.25. The van der Waals surface area contributed by atoms with Gasteiger partial charge in [-0.05, 0) is 32.4 Å². The molecule has 1 aromatic carbocycles. The van der Waals surface area contributed by atoms with Crippen LogP contribution in [-0.4, -0.2) is 34.4 Å². The van der Waals surface area contributed by atoms with Crippen LogP contribution in [-0.2, 0) is 11.3 Å². The number of carbonyl (C=O) groups is 1. The average Bonchev–Trinajstić information content (AvgIpc) is 2.99. The molecule has 2 aromatic rings. The number of ether oxygens (including phenoxy) is 1. The maximum absolute atomic E-state index is 12.6. The summed E-state index contributed by atoms with van der Waals surface area (Å²) >= 11 is 0. The van der Waals surface area contributed by atoms with Gasteiger partial charge in [-0.25, -0.2) is 0 Å². The lowest BCUT2D eigenvalue weighted by molar-refractivity contribution is -0.123. The Kier molecular flexibility index (Phi) is 5.38. The van der Waals surface area contributed by atoms with Crippen LogP contribution in [0.15, 0.2) is 36.7 Å². The normalized spacial score (nSPS) is 18.8. The molecule has 1 aliphatic heterocycles. The van der Waals surface area contributed by atoms with Gasteiger partial charge in [-0.1, -0.05) is 18.2 Å². The summed E-state index contributed by atoms with van der Waals surface area (Å²) in [5, 5.41) is 10.8. The third-order valence-electron chi connectivity index (χ3n) is 4.43. The number of hydrogen-bond donors (Lipinski definition) is 2. The second-order valence-corrected chi connectivity index (χ2v) is 6.77. The molecule has 25 heavy (non-hydrogen) atoms. The summed E-state index contributed by atoms with van der Waals surface area (Å²) in [6, 6.07) is 7.76. The van der Waals surface area contributed by atoms with Gasteiger partial charge in [0.25, 0.3) is 0 Å². The number of amides is 1. The smallest absolute Gasteiger partial charge is 0.237 e. The van der Waals surface area contributed by atoms with Crippen molar-refractivity contribution in [1.29, 1.82) is 0 Å². The van der Waals surface area contributed by atoms with Crippen LogP contribution in [0.4, 0.5) is 0 Å². The van der Waals surface area contributed by atoms with Crippen molar-refractivity contribution in [3.8, 4) is 5.75 Å². The van der Waals surface area contributed by atoms with Crippen molar-refractivity contribution in [2.45, 2.75) is 51.9 Å². The van der Waals surface area contributed by atoms with Gasteiger partial charge in [-0.15, -0.1) is 0 Å². The van der Waals surface area contributed by atoms with Gasteiger partial charge < -0.3 is 15.4 Å². The number of para-hydroxylation sites is 1. The monoisotopic (exact) mass is 342 g/mol.